The fraction of sp³-hybridized carbons (Fsp3) is 0.250. The normalized spacial score (nSPS) is 11.1. The molecule has 23 heavy (non-hydrogen) atoms. The Morgan fingerprint density at radius 3 is 2.35 bits per heavy atom. The Kier molecular flexibility index (Phi) is 6.42. The lowest BCUT2D eigenvalue weighted by Crippen LogP contribution is -2.23. The van der Waals surface area contributed by atoms with Gasteiger partial charge < -0.3 is 10.1 Å². The summed E-state index contributed by atoms with van der Waals surface area (Å²) in [5.74, 6) is 0.852. The summed E-state index contributed by atoms with van der Waals surface area (Å²) in [5, 5.41) is 2.92. The first-order chi connectivity index (χ1) is 11.2. The number of para-hydroxylation sites is 1. The highest BCUT2D eigenvalue weighted by Gasteiger charge is 2.03. The van der Waals surface area contributed by atoms with E-state index < -0.39 is 0 Å². The Bertz CT molecular complexity index is 645. The average molecular weight is 309 g/mol. The van der Waals surface area contributed by atoms with Gasteiger partial charge in [-0.2, -0.15) is 0 Å². The van der Waals surface area contributed by atoms with E-state index in [4.69, 9.17) is 4.74 Å². The molecule has 0 heterocycles. The van der Waals surface area contributed by atoms with Crippen molar-refractivity contribution in [2.75, 3.05) is 0 Å². The highest BCUT2D eigenvalue weighted by Crippen LogP contribution is 2.12. The SMILES string of the molecule is CCC=C(C)C(=O)NCc1ccc(COc2ccccc2)cc1. The topological polar surface area (TPSA) is 38.3 Å². The second-order valence-electron chi connectivity index (χ2n) is 5.40. The molecule has 0 aromatic heterocycles. The third-order valence-corrected chi connectivity index (χ3v) is 3.49. The van der Waals surface area contributed by atoms with Gasteiger partial charge in [-0.15, -0.1) is 0 Å². The van der Waals surface area contributed by atoms with Crippen molar-refractivity contribution >= 4 is 5.91 Å². The van der Waals surface area contributed by atoms with Crippen LogP contribution in [0.25, 0.3) is 0 Å². The van der Waals surface area contributed by atoms with Gasteiger partial charge in [0.05, 0.1) is 0 Å². The Hall–Kier alpha value is -2.55. The molecular formula is C20H23NO2. The molecule has 0 saturated carbocycles. The van der Waals surface area contributed by atoms with Crippen LogP contribution in [0, 0.1) is 0 Å². The molecule has 0 atom stereocenters. The lowest BCUT2D eigenvalue weighted by molar-refractivity contribution is -0.117. The fourth-order valence-electron chi connectivity index (χ4n) is 2.16. The lowest BCUT2D eigenvalue weighted by atomic mass is 10.1. The molecule has 2 rings (SSSR count). The highest BCUT2D eigenvalue weighted by atomic mass is 16.5. The summed E-state index contributed by atoms with van der Waals surface area (Å²) in [7, 11) is 0. The van der Waals surface area contributed by atoms with Gasteiger partial charge in [-0.05, 0) is 36.6 Å². The minimum Gasteiger partial charge on any atom is -0.489 e. The molecule has 120 valence electrons. The maximum Gasteiger partial charge on any atom is 0.246 e. The summed E-state index contributed by atoms with van der Waals surface area (Å²) in [4.78, 5) is 11.8. The van der Waals surface area contributed by atoms with Gasteiger partial charge in [-0.25, -0.2) is 0 Å². The van der Waals surface area contributed by atoms with E-state index in [1.54, 1.807) is 0 Å². The number of allylic oxidation sites excluding steroid dienone is 1. The summed E-state index contributed by atoms with van der Waals surface area (Å²) < 4.78 is 5.71. The van der Waals surface area contributed by atoms with Crippen LogP contribution in [0.15, 0.2) is 66.2 Å². The number of benzene rings is 2. The number of hydrogen-bond donors (Lipinski definition) is 1. The summed E-state index contributed by atoms with van der Waals surface area (Å²) in [5.41, 5.74) is 2.94. The second kappa shape index (κ2) is 8.79. The van der Waals surface area contributed by atoms with E-state index in [-0.39, 0.29) is 5.91 Å². The molecule has 0 spiro atoms. The van der Waals surface area contributed by atoms with Gasteiger partial charge >= 0.3 is 0 Å². The summed E-state index contributed by atoms with van der Waals surface area (Å²) >= 11 is 0. The quantitative estimate of drug-likeness (QED) is 0.777. The molecule has 0 fully saturated rings. The van der Waals surface area contributed by atoms with Gasteiger partial charge in [0, 0.05) is 12.1 Å². The number of rotatable bonds is 7. The molecule has 1 amide bonds. The van der Waals surface area contributed by atoms with E-state index in [0.717, 1.165) is 28.9 Å². The maximum absolute atomic E-state index is 11.8. The smallest absolute Gasteiger partial charge is 0.246 e. The molecule has 0 aliphatic carbocycles. The van der Waals surface area contributed by atoms with Crippen molar-refractivity contribution < 1.29 is 9.53 Å². The van der Waals surface area contributed by atoms with Crippen LogP contribution in [-0.2, 0) is 17.9 Å². The molecule has 0 unspecified atom stereocenters. The fourth-order valence-corrected chi connectivity index (χ4v) is 2.16. The number of hydrogen-bond acceptors (Lipinski definition) is 2. The molecule has 3 nitrogen and oxygen atoms in total. The van der Waals surface area contributed by atoms with Crippen LogP contribution in [0.5, 0.6) is 5.75 Å². The average Bonchev–Trinajstić information content (AvgIpc) is 2.60. The maximum atomic E-state index is 11.8. The van der Waals surface area contributed by atoms with Crippen LogP contribution in [0.1, 0.15) is 31.4 Å². The second-order valence-corrected chi connectivity index (χ2v) is 5.40. The Labute approximate surface area is 138 Å². The van der Waals surface area contributed by atoms with Crippen LogP contribution in [0.4, 0.5) is 0 Å². The third-order valence-electron chi connectivity index (χ3n) is 3.49. The first kappa shape index (κ1) is 16.8. The number of carbonyl (C=O) groups is 1. The summed E-state index contributed by atoms with van der Waals surface area (Å²) in [6, 6.07) is 17.8. The molecule has 0 bridgehead atoms. The van der Waals surface area contributed by atoms with Gasteiger partial charge in [-0.3, -0.25) is 4.79 Å². The van der Waals surface area contributed by atoms with Crippen LogP contribution in [0.3, 0.4) is 0 Å². The first-order valence-electron chi connectivity index (χ1n) is 7.89. The van der Waals surface area contributed by atoms with Crippen LogP contribution in [0.2, 0.25) is 0 Å². The Morgan fingerprint density at radius 1 is 1.04 bits per heavy atom. The van der Waals surface area contributed by atoms with E-state index in [1.807, 2.05) is 74.5 Å². The van der Waals surface area contributed by atoms with Crippen LogP contribution in [-0.4, -0.2) is 5.91 Å². The Morgan fingerprint density at radius 2 is 1.70 bits per heavy atom. The van der Waals surface area contributed by atoms with Crippen LogP contribution < -0.4 is 10.1 Å². The van der Waals surface area contributed by atoms with E-state index in [0.29, 0.717) is 13.2 Å². The van der Waals surface area contributed by atoms with Crippen molar-refractivity contribution in [2.45, 2.75) is 33.4 Å². The van der Waals surface area contributed by atoms with E-state index in [1.165, 1.54) is 0 Å². The van der Waals surface area contributed by atoms with E-state index in [9.17, 15) is 4.79 Å². The molecule has 1 N–H and O–H groups in total. The van der Waals surface area contributed by atoms with Crippen molar-refractivity contribution in [3.05, 3.63) is 77.4 Å². The molecule has 2 aromatic carbocycles. The lowest BCUT2D eigenvalue weighted by Gasteiger charge is -2.08. The van der Waals surface area contributed by atoms with Gasteiger partial charge in [0.1, 0.15) is 12.4 Å². The molecule has 0 saturated heterocycles. The highest BCUT2D eigenvalue weighted by molar-refractivity contribution is 5.92. The van der Waals surface area contributed by atoms with Gasteiger partial charge in [0.2, 0.25) is 5.91 Å². The number of nitrogens with one attached hydrogen (secondary N) is 1. The van der Waals surface area contributed by atoms with E-state index >= 15 is 0 Å². The summed E-state index contributed by atoms with van der Waals surface area (Å²) in [6.45, 7) is 4.93. The van der Waals surface area contributed by atoms with Crippen molar-refractivity contribution in [3.8, 4) is 5.75 Å². The molecule has 3 heteroatoms. The molecule has 0 aliphatic rings. The minimum atomic E-state index is -0.0108. The summed E-state index contributed by atoms with van der Waals surface area (Å²) in [6.07, 6.45) is 2.80. The third kappa shape index (κ3) is 5.62. The minimum absolute atomic E-state index is 0.0108. The predicted octanol–water partition coefficient (Wildman–Crippen LogP) is 4.24. The van der Waals surface area contributed by atoms with Gasteiger partial charge in [0.25, 0.3) is 0 Å². The zero-order chi connectivity index (χ0) is 16.5. The van der Waals surface area contributed by atoms with Crippen molar-refractivity contribution in [1.29, 1.82) is 0 Å². The van der Waals surface area contributed by atoms with Crippen molar-refractivity contribution in [3.63, 3.8) is 0 Å². The first-order valence-corrected chi connectivity index (χ1v) is 7.89. The molecule has 2 aromatic rings. The zero-order valence-electron chi connectivity index (χ0n) is 13.7. The number of ether oxygens (including phenoxy) is 1. The van der Waals surface area contributed by atoms with Crippen LogP contribution >= 0.6 is 0 Å². The zero-order valence-corrected chi connectivity index (χ0v) is 13.7. The van der Waals surface area contributed by atoms with Crippen molar-refractivity contribution in [1.82, 2.24) is 5.32 Å². The Balaban J connectivity index is 1.82. The monoisotopic (exact) mass is 309 g/mol. The van der Waals surface area contributed by atoms with E-state index in [2.05, 4.69) is 5.32 Å². The van der Waals surface area contributed by atoms with Crippen molar-refractivity contribution in [2.24, 2.45) is 0 Å². The predicted molar refractivity (Wildman–Crippen MR) is 93.1 cm³/mol. The van der Waals surface area contributed by atoms with Gasteiger partial charge in [-0.1, -0.05) is 55.5 Å². The number of amides is 1. The molecule has 0 aliphatic heterocycles. The largest absolute Gasteiger partial charge is 0.489 e. The van der Waals surface area contributed by atoms with Gasteiger partial charge in [0.15, 0.2) is 0 Å². The standard InChI is InChI=1S/C20H23NO2/c1-3-7-16(2)20(22)21-14-17-10-12-18(13-11-17)15-23-19-8-5-4-6-9-19/h4-13H,3,14-15H2,1-2H3,(H,21,22). The number of carbonyl (C=O) groups excluding carboxylic acids is 1. The molecule has 0 radical (unpaired) electrons. The molecular weight excluding hydrogens is 286 g/mol.